The monoisotopic (exact) mass is 482 g/mol. The van der Waals surface area contributed by atoms with Gasteiger partial charge < -0.3 is 9.84 Å². The highest BCUT2D eigenvalue weighted by Gasteiger charge is 2.42. The molecule has 1 N–H and O–H groups in total. The Morgan fingerprint density at radius 2 is 2.03 bits per heavy atom. The first-order valence-corrected chi connectivity index (χ1v) is 11.7. The van der Waals surface area contributed by atoms with Crippen molar-refractivity contribution in [2.75, 3.05) is 6.54 Å². The predicted octanol–water partition coefficient (Wildman–Crippen LogP) is 2.17. The minimum absolute atomic E-state index is 0.214. The second kappa shape index (κ2) is 9.22. The van der Waals surface area contributed by atoms with Gasteiger partial charge in [-0.3, -0.25) is 4.68 Å². The van der Waals surface area contributed by atoms with Crippen molar-refractivity contribution in [3.8, 4) is 0 Å². The van der Waals surface area contributed by atoms with E-state index in [9.17, 15) is 21.6 Å². The third-order valence-electron chi connectivity index (χ3n) is 4.61. The summed E-state index contributed by atoms with van der Waals surface area (Å²) < 4.78 is 66.5. The Hall–Kier alpha value is -2.03. The maximum atomic E-state index is 12.7. The summed E-state index contributed by atoms with van der Waals surface area (Å²) in [6, 6.07) is 1.88. The van der Waals surface area contributed by atoms with Gasteiger partial charge in [0, 0.05) is 18.1 Å². The summed E-state index contributed by atoms with van der Waals surface area (Å²) in [7, 11) is -3.25. The SMILES string of the molecule is Cc1nc(COC2CN(S(=O)(=O)C3CC3)Cc3ccnn3C2)cs1.O=C(O)C(F)(F)F. The fraction of sp³-hybridized carbons (Fsp3) is 0.588. The quantitative estimate of drug-likeness (QED) is 0.695. The van der Waals surface area contributed by atoms with E-state index in [-0.39, 0.29) is 11.4 Å². The van der Waals surface area contributed by atoms with E-state index in [1.165, 1.54) is 0 Å². The molecular formula is C17H21F3N4O5S2. The molecule has 0 bridgehead atoms. The average Bonchev–Trinajstić information content (AvgIpc) is 3.38. The number of fused-ring (bicyclic) bond motifs is 1. The van der Waals surface area contributed by atoms with Gasteiger partial charge in [-0.05, 0) is 25.8 Å². The number of sulfonamides is 1. The summed E-state index contributed by atoms with van der Waals surface area (Å²) >= 11 is 1.59. The highest BCUT2D eigenvalue weighted by atomic mass is 32.2. The number of hydrogen-bond donors (Lipinski definition) is 1. The van der Waals surface area contributed by atoms with Crippen molar-refractivity contribution in [3.63, 3.8) is 0 Å². The van der Waals surface area contributed by atoms with Gasteiger partial charge in [-0.2, -0.15) is 22.6 Å². The average molecular weight is 483 g/mol. The second-order valence-corrected chi connectivity index (χ2v) is 10.4. The molecule has 3 heterocycles. The highest BCUT2D eigenvalue weighted by Crippen LogP contribution is 2.32. The van der Waals surface area contributed by atoms with Crippen LogP contribution < -0.4 is 0 Å². The van der Waals surface area contributed by atoms with E-state index in [2.05, 4.69) is 10.1 Å². The number of alkyl halides is 3. The number of halogens is 3. The zero-order valence-electron chi connectivity index (χ0n) is 16.4. The number of carboxylic acid groups (broad SMARTS) is 1. The number of aryl methyl sites for hydroxylation is 1. The van der Waals surface area contributed by atoms with Crippen LogP contribution in [0, 0.1) is 6.92 Å². The first-order chi connectivity index (χ1) is 14.5. The third kappa shape index (κ3) is 6.24. The molecule has 0 saturated heterocycles. The standard InChI is InChI=1S/C15H20N4O3S2.C2HF3O2/c1-11-17-12(10-23-11)9-22-14-7-18(24(20,21)15-2-3-15)6-13-4-5-16-19(13)8-14;3-2(4,5)1(6)7/h4-5,10,14-15H,2-3,6-9H2,1H3;(H,6,7). The maximum absolute atomic E-state index is 12.7. The summed E-state index contributed by atoms with van der Waals surface area (Å²) in [5, 5.41) is 14.2. The molecule has 1 fully saturated rings. The van der Waals surface area contributed by atoms with Crippen molar-refractivity contribution in [1.29, 1.82) is 0 Å². The Morgan fingerprint density at radius 1 is 1.35 bits per heavy atom. The molecule has 31 heavy (non-hydrogen) atoms. The molecule has 9 nitrogen and oxygen atoms in total. The number of carbonyl (C=O) groups is 1. The molecule has 0 radical (unpaired) electrons. The minimum Gasteiger partial charge on any atom is -0.475 e. The zero-order valence-corrected chi connectivity index (χ0v) is 18.1. The Balaban J connectivity index is 0.000000339. The van der Waals surface area contributed by atoms with Gasteiger partial charge >= 0.3 is 12.1 Å². The van der Waals surface area contributed by atoms with Crippen molar-refractivity contribution in [2.45, 2.75) is 57.0 Å². The molecule has 1 unspecified atom stereocenters. The van der Waals surface area contributed by atoms with Crippen molar-refractivity contribution < 1.29 is 36.2 Å². The van der Waals surface area contributed by atoms with Crippen LogP contribution in [0.3, 0.4) is 0 Å². The van der Waals surface area contributed by atoms with Gasteiger partial charge in [0.15, 0.2) is 0 Å². The minimum atomic E-state index is -5.08. The van der Waals surface area contributed by atoms with Gasteiger partial charge in [0.25, 0.3) is 0 Å². The Labute approximate surface area is 180 Å². The molecule has 0 spiro atoms. The van der Waals surface area contributed by atoms with Gasteiger partial charge in [-0.25, -0.2) is 18.2 Å². The van der Waals surface area contributed by atoms with E-state index in [0.29, 0.717) is 26.2 Å². The topological polar surface area (TPSA) is 115 Å². The fourth-order valence-corrected chi connectivity index (χ4v) is 5.37. The number of carboxylic acids is 1. The molecule has 2 aliphatic rings. The first-order valence-electron chi connectivity index (χ1n) is 9.29. The second-order valence-electron chi connectivity index (χ2n) is 7.14. The van der Waals surface area contributed by atoms with E-state index >= 15 is 0 Å². The highest BCUT2D eigenvalue weighted by molar-refractivity contribution is 7.90. The summed E-state index contributed by atoms with van der Waals surface area (Å²) in [5.74, 6) is -2.76. The Morgan fingerprint density at radius 3 is 2.58 bits per heavy atom. The van der Waals surface area contributed by atoms with Crippen LogP contribution in [0.15, 0.2) is 17.6 Å². The molecule has 0 aromatic carbocycles. The van der Waals surface area contributed by atoms with Crippen LogP contribution >= 0.6 is 11.3 Å². The molecule has 14 heteroatoms. The van der Waals surface area contributed by atoms with Crippen LogP contribution in [0.1, 0.15) is 29.2 Å². The molecule has 1 aliphatic heterocycles. The van der Waals surface area contributed by atoms with E-state index < -0.39 is 22.2 Å². The van der Waals surface area contributed by atoms with E-state index in [1.807, 2.05) is 23.1 Å². The summed E-state index contributed by atoms with van der Waals surface area (Å²) in [6.45, 7) is 3.64. The zero-order chi connectivity index (χ0) is 22.8. The van der Waals surface area contributed by atoms with Crippen molar-refractivity contribution in [2.24, 2.45) is 0 Å². The van der Waals surface area contributed by atoms with Crippen LogP contribution in [0.4, 0.5) is 13.2 Å². The number of aliphatic carboxylic acids is 1. The number of thiazole rings is 1. The lowest BCUT2D eigenvalue weighted by Gasteiger charge is -2.23. The van der Waals surface area contributed by atoms with E-state index in [1.54, 1.807) is 21.8 Å². The molecule has 2 aromatic rings. The predicted molar refractivity (Wildman–Crippen MR) is 104 cm³/mol. The molecule has 0 amide bonds. The largest absolute Gasteiger partial charge is 0.490 e. The van der Waals surface area contributed by atoms with Crippen LogP contribution in [0.25, 0.3) is 0 Å². The van der Waals surface area contributed by atoms with Crippen LogP contribution in [-0.4, -0.2) is 62.6 Å². The number of ether oxygens (including phenoxy) is 1. The lowest BCUT2D eigenvalue weighted by atomic mass is 10.3. The molecule has 2 aromatic heterocycles. The van der Waals surface area contributed by atoms with Crippen molar-refractivity contribution in [3.05, 3.63) is 34.0 Å². The molecule has 4 rings (SSSR count). The van der Waals surface area contributed by atoms with Crippen molar-refractivity contribution in [1.82, 2.24) is 19.1 Å². The third-order valence-corrected chi connectivity index (χ3v) is 7.74. The summed E-state index contributed by atoms with van der Waals surface area (Å²) in [4.78, 5) is 13.3. The van der Waals surface area contributed by atoms with Gasteiger partial charge in [0.1, 0.15) is 0 Å². The smallest absolute Gasteiger partial charge is 0.475 e. The van der Waals surface area contributed by atoms with Crippen molar-refractivity contribution >= 4 is 27.3 Å². The number of nitrogens with zero attached hydrogens (tertiary/aromatic N) is 4. The summed E-state index contributed by atoms with van der Waals surface area (Å²) in [5.41, 5.74) is 1.80. The number of hydrogen-bond acceptors (Lipinski definition) is 7. The summed E-state index contributed by atoms with van der Waals surface area (Å²) in [6.07, 6.45) is -2.07. The molecule has 1 aliphatic carbocycles. The Kier molecular flexibility index (Phi) is 7.03. The van der Waals surface area contributed by atoms with Gasteiger partial charge in [-0.1, -0.05) is 0 Å². The number of rotatable bonds is 5. The van der Waals surface area contributed by atoms with Gasteiger partial charge in [0.05, 0.1) is 47.4 Å². The van der Waals surface area contributed by atoms with Crippen LogP contribution in [0.5, 0.6) is 0 Å². The fourth-order valence-electron chi connectivity index (χ4n) is 2.94. The van der Waals surface area contributed by atoms with E-state index in [0.717, 1.165) is 29.2 Å². The lowest BCUT2D eigenvalue weighted by molar-refractivity contribution is -0.192. The van der Waals surface area contributed by atoms with Gasteiger partial charge in [0.2, 0.25) is 10.0 Å². The van der Waals surface area contributed by atoms with Crippen LogP contribution in [0.2, 0.25) is 0 Å². The number of aromatic nitrogens is 3. The van der Waals surface area contributed by atoms with E-state index in [4.69, 9.17) is 14.6 Å². The molecule has 1 saturated carbocycles. The van der Waals surface area contributed by atoms with Crippen LogP contribution in [-0.2, 0) is 39.3 Å². The first kappa shape index (κ1) is 23.6. The molecular weight excluding hydrogens is 461 g/mol. The lowest BCUT2D eigenvalue weighted by Crippen LogP contribution is -2.39. The normalized spacial score (nSPS) is 19.8. The Bertz CT molecular complexity index is 1020. The maximum Gasteiger partial charge on any atom is 0.490 e. The molecule has 172 valence electrons. The van der Waals surface area contributed by atoms with Gasteiger partial charge in [-0.15, -0.1) is 11.3 Å². The molecule has 1 atom stereocenters.